The van der Waals surface area contributed by atoms with E-state index in [4.69, 9.17) is 10.3 Å². The van der Waals surface area contributed by atoms with Gasteiger partial charge in [0.15, 0.2) is 10.9 Å². The minimum absolute atomic E-state index is 0.284. The molecule has 3 N–H and O–H groups in total. The third kappa shape index (κ3) is 2.83. The van der Waals surface area contributed by atoms with E-state index in [9.17, 15) is 0 Å². The summed E-state index contributed by atoms with van der Waals surface area (Å²) < 4.78 is 4.86. The Morgan fingerprint density at radius 1 is 1.75 bits per heavy atom. The number of nitrogens with one attached hydrogen (secondary N) is 1. The maximum Gasteiger partial charge on any atom is 0.228 e. The van der Waals surface area contributed by atoms with Gasteiger partial charge in [-0.3, -0.25) is 0 Å². The van der Waals surface area contributed by atoms with Gasteiger partial charge in [0, 0.05) is 13.0 Å². The number of aromatic nitrogens is 2. The van der Waals surface area contributed by atoms with E-state index >= 15 is 0 Å². The molecule has 0 bridgehead atoms. The highest BCUT2D eigenvalue weighted by molar-refractivity contribution is 7.80. The summed E-state index contributed by atoms with van der Waals surface area (Å²) in [4.78, 5) is 4.01. The molecule has 12 heavy (non-hydrogen) atoms. The lowest BCUT2D eigenvalue weighted by atomic mass is 10.4. The standard InChI is InChI=1S/C6H10N4OS/c1-4-9-5(11-10-4)2-3-8-6(7)12/h2-3H2,1H3,(H3,7,8,12). The van der Waals surface area contributed by atoms with Crippen LogP contribution in [0.15, 0.2) is 4.52 Å². The molecule has 0 fully saturated rings. The summed E-state index contributed by atoms with van der Waals surface area (Å²) in [6.45, 7) is 2.39. The lowest BCUT2D eigenvalue weighted by Gasteiger charge is -1.98. The van der Waals surface area contributed by atoms with Crippen molar-refractivity contribution in [3.05, 3.63) is 11.7 Å². The van der Waals surface area contributed by atoms with Gasteiger partial charge in [-0.2, -0.15) is 4.98 Å². The Hall–Kier alpha value is -1.17. The van der Waals surface area contributed by atoms with Crippen LogP contribution in [0.4, 0.5) is 0 Å². The quantitative estimate of drug-likeness (QED) is 0.634. The summed E-state index contributed by atoms with van der Waals surface area (Å²) in [5, 5.41) is 6.70. The molecule has 0 aliphatic heterocycles. The third-order valence-corrected chi connectivity index (χ3v) is 1.35. The van der Waals surface area contributed by atoms with Crippen LogP contribution < -0.4 is 11.1 Å². The maximum absolute atomic E-state index is 5.22. The van der Waals surface area contributed by atoms with Gasteiger partial charge in [0.05, 0.1) is 0 Å². The molecule has 0 saturated carbocycles. The van der Waals surface area contributed by atoms with Gasteiger partial charge in [0.2, 0.25) is 5.89 Å². The zero-order valence-electron chi connectivity index (χ0n) is 6.70. The second-order valence-corrected chi connectivity index (χ2v) is 2.72. The predicted octanol–water partition coefficient (Wildman–Crippen LogP) is -0.246. The van der Waals surface area contributed by atoms with Crippen molar-refractivity contribution in [3.8, 4) is 0 Å². The third-order valence-electron chi connectivity index (χ3n) is 1.21. The topological polar surface area (TPSA) is 77.0 Å². The lowest BCUT2D eigenvalue weighted by Crippen LogP contribution is -2.30. The largest absolute Gasteiger partial charge is 0.376 e. The maximum atomic E-state index is 5.22. The molecule has 0 aliphatic carbocycles. The first-order chi connectivity index (χ1) is 5.68. The van der Waals surface area contributed by atoms with Gasteiger partial charge < -0.3 is 15.6 Å². The van der Waals surface area contributed by atoms with E-state index in [0.717, 1.165) is 0 Å². The second kappa shape index (κ2) is 4.01. The van der Waals surface area contributed by atoms with Gasteiger partial charge in [0.1, 0.15) is 0 Å². The second-order valence-electron chi connectivity index (χ2n) is 2.28. The number of hydrogen-bond acceptors (Lipinski definition) is 4. The fraction of sp³-hybridized carbons (Fsp3) is 0.500. The van der Waals surface area contributed by atoms with E-state index in [1.165, 1.54) is 0 Å². The zero-order valence-corrected chi connectivity index (χ0v) is 7.52. The highest BCUT2D eigenvalue weighted by Gasteiger charge is 2.00. The number of nitrogens with two attached hydrogens (primary N) is 1. The minimum Gasteiger partial charge on any atom is -0.376 e. The van der Waals surface area contributed by atoms with Crippen molar-refractivity contribution in [2.75, 3.05) is 6.54 Å². The van der Waals surface area contributed by atoms with Crippen LogP contribution in [0.3, 0.4) is 0 Å². The van der Waals surface area contributed by atoms with E-state index in [1.807, 2.05) is 0 Å². The molecule has 1 aromatic rings. The van der Waals surface area contributed by atoms with Crippen LogP contribution in [-0.4, -0.2) is 21.8 Å². The molecule has 5 nitrogen and oxygen atoms in total. The highest BCUT2D eigenvalue weighted by Crippen LogP contribution is 1.95. The van der Waals surface area contributed by atoms with E-state index in [-0.39, 0.29) is 5.11 Å². The summed E-state index contributed by atoms with van der Waals surface area (Å²) in [5.74, 6) is 1.23. The number of rotatable bonds is 3. The molecule has 0 aliphatic rings. The number of thiocarbonyl (C=S) groups is 1. The van der Waals surface area contributed by atoms with E-state index < -0.39 is 0 Å². The summed E-state index contributed by atoms with van der Waals surface area (Å²) in [5.41, 5.74) is 5.22. The smallest absolute Gasteiger partial charge is 0.228 e. The molecular weight excluding hydrogens is 176 g/mol. The van der Waals surface area contributed by atoms with Gasteiger partial charge in [-0.15, -0.1) is 0 Å². The first kappa shape index (κ1) is 8.92. The normalized spacial score (nSPS) is 9.75. The van der Waals surface area contributed by atoms with Crippen LogP contribution in [0.2, 0.25) is 0 Å². The summed E-state index contributed by atoms with van der Waals surface area (Å²) in [6.07, 6.45) is 0.637. The van der Waals surface area contributed by atoms with Crippen molar-refractivity contribution < 1.29 is 4.52 Å². The molecular formula is C6H10N4OS. The Kier molecular flexibility index (Phi) is 2.98. The lowest BCUT2D eigenvalue weighted by molar-refractivity contribution is 0.375. The van der Waals surface area contributed by atoms with Crippen molar-refractivity contribution in [2.24, 2.45) is 5.73 Å². The van der Waals surface area contributed by atoms with E-state index in [0.29, 0.717) is 24.7 Å². The molecule has 0 spiro atoms. The van der Waals surface area contributed by atoms with Crippen LogP contribution in [0.25, 0.3) is 0 Å². The number of aryl methyl sites for hydroxylation is 1. The summed E-state index contributed by atoms with van der Waals surface area (Å²) >= 11 is 4.62. The fourth-order valence-electron chi connectivity index (χ4n) is 0.734. The minimum atomic E-state index is 0.284. The van der Waals surface area contributed by atoms with Gasteiger partial charge in [0.25, 0.3) is 0 Å². The summed E-state index contributed by atoms with van der Waals surface area (Å²) in [6, 6.07) is 0. The average Bonchev–Trinajstić information content (AvgIpc) is 2.35. The molecule has 0 saturated heterocycles. The Balaban J connectivity index is 2.29. The molecule has 0 atom stereocenters. The molecule has 1 heterocycles. The molecule has 0 amide bonds. The van der Waals surface area contributed by atoms with Crippen LogP contribution >= 0.6 is 12.2 Å². The van der Waals surface area contributed by atoms with Gasteiger partial charge in [-0.05, 0) is 19.1 Å². The number of nitrogens with zero attached hydrogens (tertiary/aromatic N) is 2. The van der Waals surface area contributed by atoms with Crippen molar-refractivity contribution in [3.63, 3.8) is 0 Å². The first-order valence-corrected chi connectivity index (χ1v) is 3.92. The van der Waals surface area contributed by atoms with Crippen molar-refractivity contribution in [2.45, 2.75) is 13.3 Å². The highest BCUT2D eigenvalue weighted by atomic mass is 32.1. The number of hydrogen-bond donors (Lipinski definition) is 2. The summed E-state index contributed by atoms with van der Waals surface area (Å²) in [7, 11) is 0. The molecule has 6 heteroatoms. The first-order valence-electron chi connectivity index (χ1n) is 3.51. The van der Waals surface area contributed by atoms with Crippen LogP contribution in [0.5, 0.6) is 0 Å². The van der Waals surface area contributed by atoms with Gasteiger partial charge in [-0.1, -0.05) is 5.16 Å². The molecule has 1 aromatic heterocycles. The van der Waals surface area contributed by atoms with Gasteiger partial charge >= 0.3 is 0 Å². The van der Waals surface area contributed by atoms with Crippen molar-refractivity contribution in [1.29, 1.82) is 0 Å². The average molecular weight is 186 g/mol. The van der Waals surface area contributed by atoms with Crippen LogP contribution in [0.1, 0.15) is 11.7 Å². The molecule has 66 valence electrons. The molecule has 1 rings (SSSR count). The Morgan fingerprint density at radius 3 is 3.00 bits per heavy atom. The van der Waals surface area contributed by atoms with E-state index in [1.54, 1.807) is 6.92 Å². The molecule has 0 radical (unpaired) electrons. The van der Waals surface area contributed by atoms with Crippen LogP contribution in [-0.2, 0) is 6.42 Å². The van der Waals surface area contributed by atoms with Crippen molar-refractivity contribution in [1.82, 2.24) is 15.5 Å². The monoisotopic (exact) mass is 186 g/mol. The van der Waals surface area contributed by atoms with E-state index in [2.05, 4.69) is 27.7 Å². The SMILES string of the molecule is Cc1noc(CCNC(N)=S)n1. The molecule has 0 aromatic carbocycles. The van der Waals surface area contributed by atoms with Crippen LogP contribution in [0, 0.1) is 6.92 Å². The van der Waals surface area contributed by atoms with Gasteiger partial charge in [-0.25, -0.2) is 0 Å². The Bertz CT molecular complexity index is 272. The zero-order chi connectivity index (χ0) is 8.97. The fourth-order valence-corrected chi connectivity index (χ4v) is 0.836. The molecule has 0 unspecified atom stereocenters. The Labute approximate surface area is 75.3 Å². The van der Waals surface area contributed by atoms with Crippen molar-refractivity contribution >= 4 is 17.3 Å². The predicted molar refractivity (Wildman–Crippen MR) is 47.5 cm³/mol. The Morgan fingerprint density at radius 2 is 2.50 bits per heavy atom.